The summed E-state index contributed by atoms with van der Waals surface area (Å²) < 4.78 is 26.7. The van der Waals surface area contributed by atoms with E-state index in [1.807, 2.05) is 0 Å². The first-order valence-electron chi connectivity index (χ1n) is 6.02. The summed E-state index contributed by atoms with van der Waals surface area (Å²) in [5.41, 5.74) is 4.69. The van der Waals surface area contributed by atoms with Crippen molar-refractivity contribution in [3.05, 3.63) is 65.7 Å². The minimum atomic E-state index is -1.34. The number of anilines is 1. The third kappa shape index (κ3) is 2.61. The van der Waals surface area contributed by atoms with Crippen molar-refractivity contribution in [3.63, 3.8) is 0 Å². The predicted octanol–water partition coefficient (Wildman–Crippen LogP) is 2.78. The molecule has 0 aliphatic heterocycles. The van der Waals surface area contributed by atoms with Gasteiger partial charge in [-0.3, -0.25) is 4.79 Å². The van der Waals surface area contributed by atoms with Crippen LogP contribution in [0.4, 0.5) is 14.5 Å². The molecule has 2 aromatic carbocycles. The van der Waals surface area contributed by atoms with Gasteiger partial charge in [0.1, 0.15) is 17.2 Å². The third-order valence-electron chi connectivity index (χ3n) is 3.17. The van der Waals surface area contributed by atoms with Crippen LogP contribution in [0.5, 0.6) is 0 Å². The van der Waals surface area contributed by atoms with Crippen molar-refractivity contribution in [3.8, 4) is 0 Å². The van der Waals surface area contributed by atoms with Crippen LogP contribution in [-0.4, -0.2) is 5.91 Å². The van der Waals surface area contributed by atoms with Crippen molar-refractivity contribution < 1.29 is 13.6 Å². The van der Waals surface area contributed by atoms with Crippen LogP contribution in [0.3, 0.4) is 0 Å². The molecule has 5 heteroatoms. The molecule has 1 amide bonds. The van der Waals surface area contributed by atoms with Gasteiger partial charge in [-0.2, -0.15) is 0 Å². The molecular formula is C15H14F2N2O. The lowest BCUT2D eigenvalue weighted by atomic mass is 9.90. The van der Waals surface area contributed by atoms with Crippen molar-refractivity contribution in [2.75, 3.05) is 5.32 Å². The Morgan fingerprint density at radius 1 is 1.10 bits per heavy atom. The highest BCUT2D eigenvalue weighted by molar-refractivity contribution is 5.89. The highest BCUT2D eigenvalue weighted by Crippen LogP contribution is 2.27. The summed E-state index contributed by atoms with van der Waals surface area (Å²) >= 11 is 0. The van der Waals surface area contributed by atoms with Crippen molar-refractivity contribution in [1.82, 2.24) is 0 Å². The van der Waals surface area contributed by atoms with Crippen molar-refractivity contribution in [1.29, 1.82) is 0 Å². The second kappa shape index (κ2) is 5.28. The number of para-hydroxylation sites is 1. The van der Waals surface area contributed by atoms with Crippen LogP contribution in [-0.2, 0) is 10.3 Å². The van der Waals surface area contributed by atoms with Crippen LogP contribution in [0.25, 0.3) is 0 Å². The Balaban J connectivity index is 2.43. The number of carbonyl (C=O) groups excluding carboxylic acids is 1. The highest BCUT2D eigenvalue weighted by Gasteiger charge is 2.33. The lowest BCUT2D eigenvalue weighted by Gasteiger charge is -2.29. The molecule has 20 heavy (non-hydrogen) atoms. The molecule has 3 N–H and O–H groups in total. The summed E-state index contributed by atoms with van der Waals surface area (Å²) in [7, 11) is 0. The minimum Gasteiger partial charge on any atom is -0.367 e. The molecule has 0 saturated carbocycles. The molecule has 0 radical (unpaired) electrons. The number of amides is 1. The average molecular weight is 276 g/mol. The Labute approximate surface area is 115 Å². The third-order valence-corrected chi connectivity index (χ3v) is 3.17. The van der Waals surface area contributed by atoms with Crippen molar-refractivity contribution in [2.45, 2.75) is 12.5 Å². The zero-order valence-corrected chi connectivity index (χ0v) is 10.9. The van der Waals surface area contributed by atoms with E-state index in [0.717, 1.165) is 0 Å². The van der Waals surface area contributed by atoms with Gasteiger partial charge in [-0.25, -0.2) is 8.78 Å². The average Bonchev–Trinajstić information content (AvgIpc) is 2.42. The molecule has 0 fully saturated rings. The van der Waals surface area contributed by atoms with Gasteiger partial charge in [0.05, 0.1) is 5.69 Å². The fourth-order valence-electron chi connectivity index (χ4n) is 1.89. The van der Waals surface area contributed by atoms with Gasteiger partial charge in [0.25, 0.3) is 0 Å². The van der Waals surface area contributed by atoms with Crippen LogP contribution in [0, 0.1) is 11.6 Å². The van der Waals surface area contributed by atoms with E-state index in [1.54, 1.807) is 12.1 Å². The maximum absolute atomic E-state index is 13.7. The Morgan fingerprint density at radius 2 is 1.70 bits per heavy atom. The van der Waals surface area contributed by atoms with E-state index in [-0.39, 0.29) is 5.69 Å². The standard InChI is InChI=1S/C15H14F2N2O/c1-15(14(18)20,10-6-8-11(16)9-7-10)19-13-5-3-2-4-12(13)17/h2-9,19H,1H3,(H2,18,20). The molecule has 0 aliphatic rings. The first-order valence-corrected chi connectivity index (χ1v) is 6.02. The van der Waals surface area contributed by atoms with Crippen LogP contribution >= 0.6 is 0 Å². The van der Waals surface area contributed by atoms with E-state index < -0.39 is 23.1 Å². The normalized spacial score (nSPS) is 13.6. The van der Waals surface area contributed by atoms with Gasteiger partial charge < -0.3 is 11.1 Å². The van der Waals surface area contributed by atoms with Gasteiger partial charge in [-0.15, -0.1) is 0 Å². The molecule has 1 unspecified atom stereocenters. The number of primary amides is 1. The van der Waals surface area contributed by atoms with Crippen molar-refractivity contribution >= 4 is 11.6 Å². The molecule has 3 nitrogen and oxygen atoms in total. The molecule has 0 saturated heterocycles. The zero-order chi connectivity index (χ0) is 14.8. The minimum absolute atomic E-state index is 0.151. The number of hydrogen-bond donors (Lipinski definition) is 2. The van der Waals surface area contributed by atoms with E-state index in [9.17, 15) is 13.6 Å². The van der Waals surface area contributed by atoms with Gasteiger partial charge in [0.15, 0.2) is 0 Å². The fourth-order valence-corrected chi connectivity index (χ4v) is 1.89. The van der Waals surface area contributed by atoms with E-state index in [1.165, 1.54) is 43.3 Å². The summed E-state index contributed by atoms with van der Waals surface area (Å²) in [6.45, 7) is 1.52. The van der Waals surface area contributed by atoms with Crippen LogP contribution in [0.15, 0.2) is 48.5 Å². The molecule has 0 bridgehead atoms. The predicted molar refractivity (Wildman–Crippen MR) is 73.0 cm³/mol. The topological polar surface area (TPSA) is 55.1 Å². The van der Waals surface area contributed by atoms with Crippen LogP contribution in [0.1, 0.15) is 12.5 Å². The quantitative estimate of drug-likeness (QED) is 0.902. The Morgan fingerprint density at radius 3 is 2.25 bits per heavy atom. The lowest BCUT2D eigenvalue weighted by molar-refractivity contribution is -0.122. The van der Waals surface area contributed by atoms with Crippen LogP contribution in [0.2, 0.25) is 0 Å². The monoisotopic (exact) mass is 276 g/mol. The number of halogens is 2. The zero-order valence-electron chi connectivity index (χ0n) is 10.9. The highest BCUT2D eigenvalue weighted by atomic mass is 19.1. The number of nitrogens with one attached hydrogen (secondary N) is 1. The van der Waals surface area contributed by atoms with E-state index in [4.69, 9.17) is 5.73 Å². The smallest absolute Gasteiger partial charge is 0.247 e. The van der Waals surface area contributed by atoms with Crippen LogP contribution < -0.4 is 11.1 Å². The molecule has 104 valence electrons. The number of hydrogen-bond acceptors (Lipinski definition) is 2. The number of rotatable bonds is 4. The number of benzene rings is 2. The molecule has 0 aromatic heterocycles. The van der Waals surface area contributed by atoms with Gasteiger partial charge >= 0.3 is 0 Å². The molecule has 2 rings (SSSR count). The van der Waals surface area contributed by atoms with E-state index in [0.29, 0.717) is 5.56 Å². The fraction of sp³-hybridized carbons (Fsp3) is 0.133. The Bertz CT molecular complexity index is 628. The summed E-state index contributed by atoms with van der Waals surface area (Å²) in [6, 6.07) is 11.3. The summed E-state index contributed by atoms with van der Waals surface area (Å²) in [5.74, 6) is -1.61. The maximum atomic E-state index is 13.7. The number of nitrogens with two attached hydrogens (primary N) is 1. The summed E-state index contributed by atoms with van der Waals surface area (Å²) in [5, 5.41) is 2.79. The first kappa shape index (κ1) is 14.0. The van der Waals surface area contributed by atoms with Gasteiger partial charge in [0, 0.05) is 0 Å². The molecular weight excluding hydrogens is 262 g/mol. The Hall–Kier alpha value is -2.43. The Kier molecular flexibility index (Phi) is 3.70. The lowest BCUT2D eigenvalue weighted by Crippen LogP contribution is -2.45. The molecule has 2 aromatic rings. The summed E-state index contributed by atoms with van der Waals surface area (Å²) in [4.78, 5) is 11.8. The number of carbonyl (C=O) groups is 1. The van der Waals surface area contributed by atoms with Gasteiger partial charge in [-0.1, -0.05) is 24.3 Å². The maximum Gasteiger partial charge on any atom is 0.247 e. The molecule has 0 aliphatic carbocycles. The van der Waals surface area contributed by atoms with E-state index in [2.05, 4.69) is 5.32 Å². The first-order chi connectivity index (χ1) is 9.43. The second-order valence-electron chi connectivity index (χ2n) is 4.60. The van der Waals surface area contributed by atoms with E-state index >= 15 is 0 Å². The van der Waals surface area contributed by atoms with Gasteiger partial charge in [-0.05, 0) is 36.8 Å². The van der Waals surface area contributed by atoms with Crippen molar-refractivity contribution in [2.24, 2.45) is 5.73 Å². The SMILES string of the molecule is CC(Nc1ccccc1F)(C(N)=O)c1ccc(F)cc1. The second-order valence-corrected chi connectivity index (χ2v) is 4.60. The molecule has 0 heterocycles. The largest absolute Gasteiger partial charge is 0.367 e. The molecule has 0 spiro atoms. The van der Waals surface area contributed by atoms with Gasteiger partial charge in [0.2, 0.25) is 5.91 Å². The molecule has 1 atom stereocenters. The summed E-state index contributed by atoms with van der Waals surface area (Å²) in [6.07, 6.45) is 0.